The summed E-state index contributed by atoms with van der Waals surface area (Å²) in [6.07, 6.45) is -0.645. The van der Waals surface area contributed by atoms with Crippen LogP contribution in [0.1, 0.15) is 34.5 Å². The van der Waals surface area contributed by atoms with Crippen molar-refractivity contribution in [1.82, 2.24) is 19.8 Å². The summed E-state index contributed by atoms with van der Waals surface area (Å²) in [5.74, 6) is 0.755. The molecule has 0 atom stereocenters. The molecule has 1 amide bonds. The van der Waals surface area contributed by atoms with Gasteiger partial charge in [-0.15, -0.1) is 11.3 Å². The lowest BCUT2D eigenvalue weighted by molar-refractivity contribution is -0.126. The first-order chi connectivity index (χ1) is 18.0. The number of hydrogen-bond acceptors (Lipinski definition) is 7. The van der Waals surface area contributed by atoms with Crippen LogP contribution in [0.4, 0.5) is 24.7 Å². The Morgan fingerprint density at radius 1 is 1.16 bits per heavy atom. The van der Waals surface area contributed by atoms with Crippen LogP contribution >= 0.6 is 11.3 Å². The van der Waals surface area contributed by atoms with E-state index in [0.717, 1.165) is 61.7 Å². The third kappa shape index (κ3) is 5.88. The lowest BCUT2D eigenvalue weighted by atomic mass is 9.65. The number of nitrogens with zero attached hydrogens (tertiary/aromatic N) is 5. The van der Waals surface area contributed by atoms with Gasteiger partial charge in [0.05, 0.1) is 11.8 Å². The maximum Gasteiger partial charge on any atom is 0.393 e. The Morgan fingerprint density at radius 2 is 1.89 bits per heavy atom. The van der Waals surface area contributed by atoms with Crippen molar-refractivity contribution >= 4 is 39.0 Å². The van der Waals surface area contributed by atoms with E-state index >= 15 is 0 Å². The molecule has 3 aromatic rings. The molecule has 1 spiro atoms. The van der Waals surface area contributed by atoms with Gasteiger partial charge in [-0.05, 0) is 69.1 Å². The summed E-state index contributed by atoms with van der Waals surface area (Å²) in [6, 6.07) is 9.63. The molecule has 7 nitrogen and oxygen atoms in total. The predicted molar refractivity (Wildman–Crippen MR) is 145 cm³/mol. The number of anilines is 2. The first kappa shape index (κ1) is 26.7. The van der Waals surface area contributed by atoms with E-state index in [1.165, 1.54) is 6.33 Å². The Kier molecular flexibility index (Phi) is 7.25. The number of amides is 1. The molecule has 2 aliphatic rings. The van der Waals surface area contributed by atoms with Gasteiger partial charge in [-0.1, -0.05) is 0 Å². The standard InChI is InChI=1S/C27H33F3N6OS/c1-34(2)10-11-35(3)25(37)18-4-6-19(7-5-18)33-20-13-26(14-20)8-9-36(16-26)23-22-12-21(15-27(28,29)30)38-24(22)32-17-31-23/h4-7,12,17,20,33H,8-11,13-16H2,1-3H3. The molecule has 0 unspecified atom stereocenters. The number of nitrogens with one attached hydrogen (secondary N) is 1. The normalized spacial score (nSPS) is 21.3. The van der Waals surface area contributed by atoms with Gasteiger partial charge in [-0.3, -0.25) is 4.79 Å². The highest BCUT2D eigenvalue weighted by molar-refractivity contribution is 7.18. The van der Waals surface area contributed by atoms with Gasteiger partial charge in [0, 0.05) is 55.4 Å². The molecule has 1 aromatic carbocycles. The van der Waals surface area contributed by atoms with Crippen LogP contribution in [0.3, 0.4) is 0 Å². The first-order valence-corrected chi connectivity index (χ1v) is 13.6. The van der Waals surface area contributed by atoms with Gasteiger partial charge in [-0.2, -0.15) is 13.2 Å². The van der Waals surface area contributed by atoms with Crippen molar-refractivity contribution in [3.8, 4) is 0 Å². The molecule has 1 aliphatic carbocycles. The highest BCUT2D eigenvalue weighted by Gasteiger charge is 2.49. The minimum Gasteiger partial charge on any atom is -0.382 e. The minimum atomic E-state index is -4.24. The van der Waals surface area contributed by atoms with Crippen molar-refractivity contribution in [2.24, 2.45) is 5.41 Å². The van der Waals surface area contributed by atoms with E-state index in [4.69, 9.17) is 0 Å². The predicted octanol–water partition coefficient (Wildman–Crippen LogP) is 4.90. The summed E-state index contributed by atoms with van der Waals surface area (Å²) in [4.78, 5) is 28.2. The molecular formula is C27H33F3N6OS. The Hall–Kier alpha value is -2.92. The Morgan fingerprint density at radius 3 is 2.58 bits per heavy atom. The number of rotatable bonds is 8. The Labute approximate surface area is 224 Å². The van der Waals surface area contributed by atoms with Crippen molar-refractivity contribution in [2.75, 3.05) is 57.5 Å². The van der Waals surface area contributed by atoms with E-state index in [9.17, 15) is 18.0 Å². The van der Waals surface area contributed by atoms with E-state index in [1.54, 1.807) is 11.0 Å². The second-order valence-electron chi connectivity index (χ2n) is 10.9. The zero-order valence-corrected chi connectivity index (χ0v) is 22.7. The topological polar surface area (TPSA) is 64.6 Å². The highest BCUT2D eigenvalue weighted by atomic mass is 32.1. The van der Waals surface area contributed by atoms with Crippen LogP contribution in [-0.4, -0.2) is 85.2 Å². The van der Waals surface area contributed by atoms with Crippen LogP contribution in [-0.2, 0) is 6.42 Å². The average Bonchev–Trinajstić information content (AvgIpc) is 3.45. The lowest BCUT2D eigenvalue weighted by Crippen LogP contribution is -2.46. The zero-order chi connectivity index (χ0) is 27.1. The third-order valence-electron chi connectivity index (χ3n) is 7.56. The molecule has 0 radical (unpaired) electrons. The molecule has 11 heteroatoms. The van der Waals surface area contributed by atoms with Crippen LogP contribution in [0, 0.1) is 5.41 Å². The molecule has 1 N–H and O–H groups in total. The molecule has 1 saturated heterocycles. The van der Waals surface area contributed by atoms with Gasteiger partial charge in [0.15, 0.2) is 0 Å². The minimum absolute atomic E-state index is 0.0158. The Balaban J connectivity index is 1.16. The van der Waals surface area contributed by atoms with Gasteiger partial charge < -0.3 is 20.0 Å². The largest absolute Gasteiger partial charge is 0.393 e. The number of likely N-dealkylation sites (N-methyl/N-ethyl adjacent to an activating group) is 2. The van der Waals surface area contributed by atoms with Crippen LogP contribution in [0.25, 0.3) is 10.2 Å². The molecular weight excluding hydrogens is 513 g/mol. The van der Waals surface area contributed by atoms with E-state index in [1.807, 2.05) is 45.4 Å². The maximum atomic E-state index is 12.9. The molecule has 38 heavy (non-hydrogen) atoms. The Bertz CT molecular complexity index is 1290. The molecule has 2 fully saturated rings. The maximum absolute atomic E-state index is 12.9. The van der Waals surface area contributed by atoms with Crippen molar-refractivity contribution < 1.29 is 18.0 Å². The third-order valence-corrected chi connectivity index (χ3v) is 8.61. The van der Waals surface area contributed by atoms with Gasteiger partial charge in [-0.25, -0.2) is 9.97 Å². The average molecular weight is 547 g/mol. The quantitative estimate of drug-likeness (QED) is 0.434. The van der Waals surface area contributed by atoms with Crippen LogP contribution < -0.4 is 10.2 Å². The van der Waals surface area contributed by atoms with Crippen molar-refractivity contribution in [3.05, 3.63) is 47.1 Å². The number of benzene rings is 1. The van der Waals surface area contributed by atoms with E-state index in [2.05, 4.69) is 25.1 Å². The summed E-state index contributed by atoms with van der Waals surface area (Å²) in [6.45, 7) is 3.17. The van der Waals surface area contributed by atoms with Crippen molar-refractivity contribution in [2.45, 2.75) is 37.9 Å². The number of hydrogen-bond donors (Lipinski definition) is 1. The smallest absolute Gasteiger partial charge is 0.382 e. The van der Waals surface area contributed by atoms with Crippen LogP contribution in [0.2, 0.25) is 0 Å². The van der Waals surface area contributed by atoms with Crippen LogP contribution in [0.5, 0.6) is 0 Å². The summed E-state index contributed by atoms with van der Waals surface area (Å²) >= 11 is 1.09. The second kappa shape index (κ2) is 10.3. The molecule has 5 rings (SSSR count). The molecule has 204 valence electrons. The molecule has 1 saturated carbocycles. The van der Waals surface area contributed by atoms with E-state index in [0.29, 0.717) is 28.4 Å². The van der Waals surface area contributed by atoms with E-state index < -0.39 is 12.6 Å². The molecule has 3 heterocycles. The fourth-order valence-corrected chi connectivity index (χ4v) is 6.60. The number of halogens is 3. The van der Waals surface area contributed by atoms with Crippen molar-refractivity contribution in [1.29, 1.82) is 0 Å². The first-order valence-electron chi connectivity index (χ1n) is 12.8. The number of fused-ring (bicyclic) bond motifs is 1. The van der Waals surface area contributed by atoms with Gasteiger partial charge in [0.2, 0.25) is 0 Å². The number of alkyl halides is 3. The number of carbonyl (C=O) groups is 1. The van der Waals surface area contributed by atoms with E-state index in [-0.39, 0.29) is 16.2 Å². The fourth-order valence-electron chi connectivity index (χ4n) is 5.58. The monoisotopic (exact) mass is 546 g/mol. The number of aromatic nitrogens is 2. The summed E-state index contributed by atoms with van der Waals surface area (Å²) in [5, 5.41) is 4.31. The molecule has 1 aliphatic heterocycles. The zero-order valence-electron chi connectivity index (χ0n) is 21.9. The number of carbonyl (C=O) groups excluding carboxylic acids is 1. The molecule has 2 aromatic heterocycles. The van der Waals surface area contributed by atoms with Gasteiger partial charge in [0.25, 0.3) is 5.91 Å². The van der Waals surface area contributed by atoms with Gasteiger partial charge in [0.1, 0.15) is 17.0 Å². The molecule has 0 bridgehead atoms. The SMILES string of the molecule is CN(C)CCN(C)C(=O)c1ccc(NC2CC3(CCN(c4ncnc5sc(CC(F)(F)F)cc45)C3)C2)cc1. The van der Waals surface area contributed by atoms with Gasteiger partial charge >= 0.3 is 6.18 Å². The second-order valence-corrected chi connectivity index (χ2v) is 12.1. The summed E-state index contributed by atoms with van der Waals surface area (Å²) < 4.78 is 38.7. The fraction of sp³-hybridized carbons (Fsp3) is 0.519. The summed E-state index contributed by atoms with van der Waals surface area (Å²) in [7, 11) is 5.80. The highest BCUT2D eigenvalue weighted by Crippen LogP contribution is 2.50. The number of thiophene rings is 1. The lowest BCUT2D eigenvalue weighted by Gasteiger charge is -2.46. The van der Waals surface area contributed by atoms with Crippen molar-refractivity contribution in [3.63, 3.8) is 0 Å². The summed E-state index contributed by atoms with van der Waals surface area (Å²) in [5.41, 5.74) is 1.86. The van der Waals surface area contributed by atoms with Crippen LogP contribution in [0.15, 0.2) is 36.7 Å².